The molecule has 0 radical (unpaired) electrons. The van der Waals surface area contributed by atoms with Crippen LogP contribution in [0.15, 0.2) is 27.1 Å². The molecular formula is C12H16Br2O. The lowest BCUT2D eigenvalue weighted by Gasteiger charge is -2.11. The van der Waals surface area contributed by atoms with Crippen LogP contribution in [0.4, 0.5) is 0 Å². The van der Waals surface area contributed by atoms with E-state index in [0.29, 0.717) is 0 Å². The summed E-state index contributed by atoms with van der Waals surface area (Å²) < 4.78 is 2.00. The number of benzene rings is 1. The summed E-state index contributed by atoms with van der Waals surface area (Å²) in [5.41, 5.74) is 0.979. The van der Waals surface area contributed by atoms with E-state index in [1.165, 1.54) is 12.8 Å². The molecule has 1 N–H and O–H groups in total. The van der Waals surface area contributed by atoms with Crippen molar-refractivity contribution < 1.29 is 5.11 Å². The number of aliphatic hydroxyl groups excluding tert-OH is 1. The molecule has 0 bridgehead atoms. The molecule has 0 fully saturated rings. The highest BCUT2D eigenvalue weighted by molar-refractivity contribution is 9.11. The van der Waals surface area contributed by atoms with Crippen LogP contribution >= 0.6 is 31.9 Å². The van der Waals surface area contributed by atoms with Crippen molar-refractivity contribution in [2.75, 3.05) is 0 Å². The van der Waals surface area contributed by atoms with Crippen molar-refractivity contribution in [3.63, 3.8) is 0 Å². The van der Waals surface area contributed by atoms with Crippen LogP contribution in [0.25, 0.3) is 0 Å². The summed E-state index contributed by atoms with van der Waals surface area (Å²) in [5.74, 6) is 0. The van der Waals surface area contributed by atoms with Gasteiger partial charge < -0.3 is 5.11 Å². The first-order valence-corrected chi connectivity index (χ1v) is 6.86. The maximum Gasteiger partial charge on any atom is 0.0790 e. The van der Waals surface area contributed by atoms with Gasteiger partial charge in [-0.1, -0.05) is 58.0 Å². The van der Waals surface area contributed by atoms with Gasteiger partial charge in [-0.25, -0.2) is 0 Å². The summed E-state index contributed by atoms with van der Waals surface area (Å²) in [7, 11) is 0. The number of halogens is 2. The summed E-state index contributed by atoms with van der Waals surface area (Å²) in [6, 6.07) is 5.92. The van der Waals surface area contributed by atoms with Crippen LogP contribution in [0.2, 0.25) is 0 Å². The van der Waals surface area contributed by atoms with E-state index in [1.54, 1.807) is 0 Å². The van der Waals surface area contributed by atoms with Gasteiger partial charge in [-0.15, -0.1) is 0 Å². The molecule has 0 saturated heterocycles. The molecule has 15 heavy (non-hydrogen) atoms. The van der Waals surface area contributed by atoms with Gasteiger partial charge in [0.05, 0.1) is 6.10 Å². The smallest absolute Gasteiger partial charge is 0.0790 e. The van der Waals surface area contributed by atoms with Crippen molar-refractivity contribution in [3.05, 3.63) is 32.7 Å². The molecular weight excluding hydrogens is 320 g/mol. The molecule has 0 aliphatic carbocycles. The zero-order chi connectivity index (χ0) is 11.3. The molecule has 0 saturated carbocycles. The molecule has 0 aliphatic rings. The minimum Gasteiger partial charge on any atom is -0.388 e. The van der Waals surface area contributed by atoms with E-state index >= 15 is 0 Å². The molecule has 1 aromatic carbocycles. The molecule has 1 aromatic rings. The van der Waals surface area contributed by atoms with Crippen molar-refractivity contribution >= 4 is 31.9 Å². The topological polar surface area (TPSA) is 20.2 Å². The molecule has 1 unspecified atom stereocenters. The van der Waals surface area contributed by atoms with Crippen molar-refractivity contribution in [3.8, 4) is 0 Å². The maximum atomic E-state index is 9.95. The second-order valence-electron chi connectivity index (χ2n) is 3.71. The number of hydrogen-bond acceptors (Lipinski definition) is 1. The maximum absolute atomic E-state index is 9.95. The Morgan fingerprint density at radius 2 is 1.73 bits per heavy atom. The second-order valence-corrected chi connectivity index (χ2v) is 5.55. The van der Waals surface area contributed by atoms with E-state index in [9.17, 15) is 5.11 Å². The molecule has 0 aromatic heterocycles. The first-order valence-electron chi connectivity index (χ1n) is 5.27. The van der Waals surface area contributed by atoms with E-state index in [-0.39, 0.29) is 6.10 Å². The summed E-state index contributed by atoms with van der Waals surface area (Å²) >= 11 is 6.84. The molecule has 0 aliphatic heterocycles. The summed E-state index contributed by atoms with van der Waals surface area (Å²) in [6.45, 7) is 2.17. The Morgan fingerprint density at radius 3 is 2.27 bits per heavy atom. The van der Waals surface area contributed by atoms with Gasteiger partial charge in [0.25, 0.3) is 0 Å². The summed E-state index contributed by atoms with van der Waals surface area (Å²) in [6.07, 6.45) is 3.96. The largest absolute Gasteiger partial charge is 0.388 e. The Kier molecular flexibility index (Phi) is 5.87. The zero-order valence-corrected chi connectivity index (χ0v) is 12.0. The fraction of sp³-hybridized carbons (Fsp3) is 0.500. The van der Waals surface area contributed by atoms with Crippen LogP contribution in [-0.4, -0.2) is 5.11 Å². The minimum absolute atomic E-state index is 0.342. The van der Waals surface area contributed by atoms with Gasteiger partial charge in [-0.2, -0.15) is 0 Å². The van der Waals surface area contributed by atoms with Crippen LogP contribution in [-0.2, 0) is 0 Å². The number of unbranched alkanes of at least 4 members (excludes halogenated alkanes) is 2. The molecule has 0 heterocycles. The van der Waals surface area contributed by atoms with E-state index in [4.69, 9.17) is 0 Å². The van der Waals surface area contributed by atoms with E-state index in [1.807, 2.05) is 18.2 Å². The Balaban J connectivity index is 2.60. The Hall–Kier alpha value is 0.140. The van der Waals surface area contributed by atoms with Crippen LogP contribution in [0.5, 0.6) is 0 Å². The Morgan fingerprint density at radius 1 is 1.13 bits per heavy atom. The fourth-order valence-electron chi connectivity index (χ4n) is 1.52. The molecule has 0 amide bonds. The van der Waals surface area contributed by atoms with Crippen molar-refractivity contribution in [2.24, 2.45) is 0 Å². The monoisotopic (exact) mass is 334 g/mol. The Labute approximate surface area is 108 Å². The predicted molar refractivity (Wildman–Crippen MR) is 70.9 cm³/mol. The van der Waals surface area contributed by atoms with Crippen LogP contribution < -0.4 is 0 Å². The third-order valence-corrected chi connectivity index (χ3v) is 3.27. The predicted octanol–water partition coefficient (Wildman–Crippen LogP) is 4.83. The quantitative estimate of drug-likeness (QED) is 0.764. The highest BCUT2D eigenvalue weighted by Crippen LogP contribution is 2.26. The summed E-state index contributed by atoms with van der Waals surface area (Å²) in [5, 5.41) is 9.95. The Bertz CT molecular complexity index is 292. The molecule has 1 rings (SSSR count). The lowest BCUT2D eigenvalue weighted by atomic mass is 10.0. The second kappa shape index (κ2) is 6.66. The zero-order valence-electron chi connectivity index (χ0n) is 8.84. The molecule has 1 nitrogen and oxygen atoms in total. The van der Waals surface area contributed by atoms with E-state index in [2.05, 4.69) is 38.8 Å². The van der Waals surface area contributed by atoms with Crippen molar-refractivity contribution in [2.45, 2.75) is 38.7 Å². The van der Waals surface area contributed by atoms with Gasteiger partial charge >= 0.3 is 0 Å². The third-order valence-electron chi connectivity index (χ3n) is 2.35. The third kappa shape index (κ3) is 4.66. The normalized spacial score (nSPS) is 12.8. The van der Waals surface area contributed by atoms with Gasteiger partial charge in [-0.3, -0.25) is 0 Å². The standard InChI is InChI=1S/C12H16Br2O/c1-2-3-4-5-12(15)9-6-10(13)8-11(14)7-9/h6-8,12,15H,2-5H2,1H3. The average molecular weight is 336 g/mol. The molecule has 3 heteroatoms. The van der Waals surface area contributed by atoms with Crippen molar-refractivity contribution in [1.29, 1.82) is 0 Å². The van der Waals surface area contributed by atoms with Gasteiger partial charge in [0, 0.05) is 8.95 Å². The lowest BCUT2D eigenvalue weighted by Crippen LogP contribution is -1.97. The van der Waals surface area contributed by atoms with Gasteiger partial charge in [0.15, 0.2) is 0 Å². The van der Waals surface area contributed by atoms with Gasteiger partial charge in [-0.05, 0) is 30.2 Å². The summed E-state index contributed by atoms with van der Waals surface area (Å²) in [4.78, 5) is 0. The van der Waals surface area contributed by atoms with Crippen LogP contribution in [0, 0.1) is 0 Å². The van der Waals surface area contributed by atoms with E-state index in [0.717, 1.165) is 27.4 Å². The minimum atomic E-state index is -0.342. The molecule has 1 atom stereocenters. The first kappa shape index (κ1) is 13.2. The van der Waals surface area contributed by atoms with Crippen LogP contribution in [0.1, 0.15) is 44.3 Å². The van der Waals surface area contributed by atoms with Gasteiger partial charge in [0.2, 0.25) is 0 Å². The molecule has 0 spiro atoms. The van der Waals surface area contributed by atoms with Gasteiger partial charge in [0.1, 0.15) is 0 Å². The first-order chi connectivity index (χ1) is 7.13. The van der Waals surface area contributed by atoms with E-state index < -0.39 is 0 Å². The highest BCUT2D eigenvalue weighted by Gasteiger charge is 2.08. The number of aliphatic hydroxyl groups is 1. The fourth-order valence-corrected chi connectivity index (χ4v) is 2.85. The van der Waals surface area contributed by atoms with Crippen molar-refractivity contribution in [1.82, 2.24) is 0 Å². The number of rotatable bonds is 5. The highest BCUT2D eigenvalue weighted by atomic mass is 79.9. The average Bonchev–Trinajstić information content (AvgIpc) is 2.16. The lowest BCUT2D eigenvalue weighted by molar-refractivity contribution is 0.163. The van der Waals surface area contributed by atoms with Crippen LogP contribution in [0.3, 0.4) is 0 Å². The molecule has 84 valence electrons. The SMILES string of the molecule is CCCCCC(O)c1cc(Br)cc(Br)c1. The number of hydrogen-bond donors (Lipinski definition) is 1.